The summed E-state index contributed by atoms with van der Waals surface area (Å²) in [5.41, 5.74) is 4.28. The fourth-order valence-electron chi connectivity index (χ4n) is 4.59. The lowest BCUT2D eigenvalue weighted by molar-refractivity contribution is -0.157. The molecule has 210 valence electrons. The van der Waals surface area contributed by atoms with E-state index in [1.807, 2.05) is 24.3 Å². The zero-order chi connectivity index (χ0) is 28.3. The van der Waals surface area contributed by atoms with Crippen LogP contribution in [0.25, 0.3) is 16.8 Å². The number of fused-ring (bicyclic) bond motifs is 4. The quantitative estimate of drug-likeness (QED) is 0.450. The third kappa shape index (κ3) is 7.00. The maximum atomic E-state index is 13.1. The normalized spacial score (nSPS) is 27.7. The van der Waals surface area contributed by atoms with Gasteiger partial charge in [-0.05, 0) is 61.8 Å². The van der Waals surface area contributed by atoms with Crippen LogP contribution in [-0.2, 0) is 29.1 Å². The number of ether oxygens (including phenoxy) is 1. The first-order valence-electron chi connectivity index (χ1n) is 13.1. The highest BCUT2D eigenvalue weighted by Gasteiger charge is 2.34. The molecule has 2 unspecified atom stereocenters. The number of pyridine rings is 1. The summed E-state index contributed by atoms with van der Waals surface area (Å²) in [5.74, 6) is -2.26. The van der Waals surface area contributed by atoms with Gasteiger partial charge in [0.05, 0.1) is 11.4 Å². The number of esters is 1. The average molecular weight is 558 g/mol. The molecular formula is C27H35N5O6S. The number of amides is 2. The lowest BCUT2D eigenvalue weighted by Gasteiger charge is -2.35. The number of hydrogen-bond acceptors (Lipinski definition) is 8. The number of hydrogen-bond donors (Lipinski definition) is 3. The van der Waals surface area contributed by atoms with Gasteiger partial charge in [0.15, 0.2) is 0 Å². The Morgan fingerprint density at radius 3 is 2.62 bits per heavy atom. The van der Waals surface area contributed by atoms with Gasteiger partial charge >= 0.3 is 5.97 Å². The predicted octanol–water partition coefficient (Wildman–Crippen LogP) is 1.81. The van der Waals surface area contributed by atoms with Gasteiger partial charge in [0, 0.05) is 18.1 Å². The van der Waals surface area contributed by atoms with Crippen molar-refractivity contribution in [1.82, 2.24) is 25.5 Å². The van der Waals surface area contributed by atoms with Gasteiger partial charge in [-0.3, -0.25) is 24.4 Å². The van der Waals surface area contributed by atoms with Crippen molar-refractivity contribution in [3.63, 3.8) is 0 Å². The maximum absolute atomic E-state index is 13.1. The maximum Gasteiger partial charge on any atom is 0.325 e. The Hall–Kier alpha value is -3.35. The monoisotopic (exact) mass is 557 g/mol. The summed E-state index contributed by atoms with van der Waals surface area (Å²) >= 11 is 0. The number of sulfonamides is 1. The molecule has 0 saturated carbocycles. The second kappa shape index (κ2) is 11.8. The predicted molar refractivity (Wildman–Crippen MR) is 146 cm³/mol. The van der Waals surface area contributed by atoms with Crippen molar-refractivity contribution in [2.75, 3.05) is 12.3 Å². The minimum absolute atomic E-state index is 0.353. The number of cyclic esters (lactones) is 1. The molecule has 1 aromatic carbocycles. The van der Waals surface area contributed by atoms with Crippen LogP contribution in [-0.4, -0.2) is 66.6 Å². The van der Waals surface area contributed by atoms with Crippen LogP contribution in [0.4, 0.5) is 0 Å². The second-order valence-electron chi connectivity index (χ2n) is 10.4. The third-order valence-corrected chi connectivity index (χ3v) is 8.10. The Morgan fingerprint density at radius 2 is 1.87 bits per heavy atom. The first kappa shape index (κ1) is 28.7. The molecule has 4 atom stereocenters. The van der Waals surface area contributed by atoms with Crippen molar-refractivity contribution in [2.45, 2.75) is 64.8 Å². The van der Waals surface area contributed by atoms with E-state index in [4.69, 9.17) is 4.74 Å². The van der Waals surface area contributed by atoms with Crippen molar-refractivity contribution in [3.05, 3.63) is 47.8 Å². The number of carbonyl (C=O) groups excluding carboxylic acids is 3. The minimum Gasteiger partial charge on any atom is -0.457 e. The number of aromatic nitrogens is 1. The largest absolute Gasteiger partial charge is 0.457 e. The van der Waals surface area contributed by atoms with Gasteiger partial charge < -0.3 is 10.1 Å². The second-order valence-corrected chi connectivity index (χ2v) is 12.2. The van der Waals surface area contributed by atoms with E-state index in [1.54, 1.807) is 33.0 Å². The number of hydrazine groups is 1. The topological polar surface area (TPSA) is 147 Å². The molecular weight excluding hydrogens is 522 g/mol. The summed E-state index contributed by atoms with van der Waals surface area (Å²) < 4.78 is 33.8. The van der Waals surface area contributed by atoms with Crippen LogP contribution in [0.2, 0.25) is 0 Å². The minimum atomic E-state index is -3.87. The molecule has 1 aromatic heterocycles. The highest BCUT2D eigenvalue weighted by atomic mass is 32.2. The molecule has 39 heavy (non-hydrogen) atoms. The van der Waals surface area contributed by atoms with Gasteiger partial charge in [0.2, 0.25) is 15.9 Å². The van der Waals surface area contributed by atoms with Gasteiger partial charge in [-0.2, -0.15) is 0 Å². The molecule has 5 bridgehead atoms. The fourth-order valence-corrected chi connectivity index (χ4v) is 5.80. The van der Waals surface area contributed by atoms with E-state index in [0.717, 1.165) is 16.3 Å². The fraction of sp³-hybridized carbons (Fsp3) is 0.481. The van der Waals surface area contributed by atoms with Crippen molar-refractivity contribution in [3.8, 4) is 0 Å². The van der Waals surface area contributed by atoms with Crippen molar-refractivity contribution < 1.29 is 27.5 Å². The SMILES string of the molecule is CC1OC(=O)[C@@H]2CCCN(N2)C(=O)[C@H](C)NC(=O)C(C(C)C)NS(=O)(=O)C/C=C/c2cc3cc1ccc3cn2. The molecule has 3 heterocycles. The molecule has 0 radical (unpaired) electrons. The summed E-state index contributed by atoms with van der Waals surface area (Å²) in [6.45, 7) is 7.09. The van der Waals surface area contributed by atoms with E-state index in [0.29, 0.717) is 25.1 Å². The summed E-state index contributed by atoms with van der Waals surface area (Å²) in [7, 11) is -3.87. The van der Waals surface area contributed by atoms with E-state index in [1.165, 1.54) is 18.0 Å². The molecule has 1 saturated heterocycles. The molecule has 3 N–H and O–H groups in total. The van der Waals surface area contributed by atoms with Crippen LogP contribution >= 0.6 is 0 Å². The van der Waals surface area contributed by atoms with E-state index in [9.17, 15) is 22.8 Å². The van der Waals surface area contributed by atoms with Crippen LogP contribution < -0.4 is 15.5 Å². The van der Waals surface area contributed by atoms with E-state index in [-0.39, 0.29) is 11.7 Å². The molecule has 12 heteroatoms. The van der Waals surface area contributed by atoms with E-state index < -0.39 is 52.0 Å². The smallest absolute Gasteiger partial charge is 0.325 e. The van der Waals surface area contributed by atoms with E-state index >= 15 is 0 Å². The molecule has 2 aliphatic heterocycles. The van der Waals surface area contributed by atoms with Crippen molar-refractivity contribution in [2.24, 2.45) is 5.92 Å². The Kier molecular flexibility index (Phi) is 8.67. The van der Waals surface area contributed by atoms with Gasteiger partial charge in [0.25, 0.3) is 5.91 Å². The lowest BCUT2D eigenvalue weighted by atomic mass is 10.0. The number of carbonyl (C=O) groups is 3. The molecule has 0 spiro atoms. The highest BCUT2D eigenvalue weighted by molar-refractivity contribution is 7.89. The number of benzene rings is 1. The Balaban J connectivity index is 1.68. The molecule has 11 nitrogen and oxygen atoms in total. The number of nitrogens with one attached hydrogen (secondary N) is 3. The Labute approximate surface area is 228 Å². The zero-order valence-electron chi connectivity index (χ0n) is 22.5. The highest BCUT2D eigenvalue weighted by Crippen LogP contribution is 2.24. The summed E-state index contributed by atoms with van der Waals surface area (Å²) in [5, 5.41) is 5.67. The standard InChI is InChI=1S/C27H35N5O6S/c1-16(2)24-25(33)29-17(3)26(34)32-11-5-8-23(30-32)27(35)38-18(4)19-9-10-20-15-28-22(14-21(20)13-19)7-6-12-39(36,37)31-24/h6-7,9-10,13-18,23-24,30-31H,5,8,11-12H2,1-4H3,(H,29,33)/b7-6+/t17-,18?,23-,24?/m0/s1. The first-order valence-corrected chi connectivity index (χ1v) is 14.7. The van der Waals surface area contributed by atoms with Crippen molar-refractivity contribution >= 4 is 44.7 Å². The van der Waals surface area contributed by atoms with Gasteiger partial charge in [-0.1, -0.05) is 32.1 Å². The van der Waals surface area contributed by atoms with Gasteiger partial charge in [-0.25, -0.2) is 18.6 Å². The Morgan fingerprint density at radius 1 is 1.10 bits per heavy atom. The molecule has 2 amide bonds. The molecule has 1 fully saturated rings. The first-order chi connectivity index (χ1) is 18.4. The Bertz CT molecular complexity index is 1390. The van der Waals surface area contributed by atoms with Gasteiger partial charge in [-0.15, -0.1) is 0 Å². The van der Waals surface area contributed by atoms with Crippen LogP contribution in [0, 0.1) is 5.92 Å². The molecule has 4 rings (SSSR count). The summed E-state index contributed by atoms with van der Waals surface area (Å²) in [6.07, 6.45) is 5.28. The summed E-state index contributed by atoms with van der Waals surface area (Å²) in [6, 6.07) is 4.72. The van der Waals surface area contributed by atoms with Crippen LogP contribution in [0.15, 0.2) is 36.5 Å². The molecule has 2 aliphatic rings. The summed E-state index contributed by atoms with van der Waals surface area (Å²) in [4.78, 5) is 43.5. The average Bonchev–Trinajstić information content (AvgIpc) is 2.90. The van der Waals surface area contributed by atoms with Crippen LogP contribution in [0.3, 0.4) is 0 Å². The van der Waals surface area contributed by atoms with E-state index in [2.05, 4.69) is 20.4 Å². The molecule has 0 aliphatic carbocycles. The molecule has 2 aromatic rings. The lowest BCUT2D eigenvalue weighted by Crippen LogP contribution is -2.61. The third-order valence-electron chi connectivity index (χ3n) is 6.86. The number of nitrogens with zero attached hydrogens (tertiary/aromatic N) is 2. The number of rotatable bonds is 1. The van der Waals surface area contributed by atoms with Crippen molar-refractivity contribution in [1.29, 1.82) is 0 Å². The van der Waals surface area contributed by atoms with Crippen LogP contribution in [0.5, 0.6) is 0 Å². The van der Waals surface area contributed by atoms with Crippen LogP contribution in [0.1, 0.15) is 57.9 Å². The zero-order valence-corrected chi connectivity index (χ0v) is 23.3. The van der Waals surface area contributed by atoms with Gasteiger partial charge in [0.1, 0.15) is 24.2 Å².